The smallest absolute Gasteiger partial charge is 0.246 e. The number of β-amino-alcohol motifs (C(OH)–C–C–N with tert-alkyl or cyclic N) is 1. The Kier molecular flexibility index (Phi) is 16.2. The van der Waals surface area contributed by atoms with Crippen LogP contribution < -0.4 is 10.6 Å². The van der Waals surface area contributed by atoms with E-state index >= 15 is 0 Å². The number of unbranched alkanes of at least 4 members (excludes halogenated alkanes) is 3. The number of fused-ring (bicyclic) bond motifs is 3. The summed E-state index contributed by atoms with van der Waals surface area (Å²) in [6.45, 7) is 14.3. The number of nitrogens with one attached hydrogen (secondary N) is 2. The van der Waals surface area contributed by atoms with E-state index in [9.17, 15) is 24.3 Å². The second-order valence-corrected chi connectivity index (χ2v) is 21.1. The summed E-state index contributed by atoms with van der Waals surface area (Å²) in [4.78, 5) is 67.4. The van der Waals surface area contributed by atoms with E-state index in [1.807, 2.05) is 93.2 Å². The molecular formula is C50H61ClN8O6S2. The molecule has 1 fully saturated rings. The minimum atomic E-state index is -0.924. The summed E-state index contributed by atoms with van der Waals surface area (Å²) >= 11 is 9.50. The van der Waals surface area contributed by atoms with Gasteiger partial charge >= 0.3 is 0 Å². The maximum Gasteiger partial charge on any atom is 0.246 e. The molecule has 1 saturated heterocycles. The number of thiazole rings is 1. The van der Waals surface area contributed by atoms with Gasteiger partial charge in [0.25, 0.3) is 0 Å². The maximum absolute atomic E-state index is 14.0. The number of carbonyl (C=O) groups excluding carboxylic acids is 4. The number of aliphatic hydroxyl groups is 1. The van der Waals surface area contributed by atoms with Crippen LogP contribution in [0.1, 0.15) is 116 Å². The van der Waals surface area contributed by atoms with Gasteiger partial charge in [0, 0.05) is 53.6 Å². The van der Waals surface area contributed by atoms with Gasteiger partial charge in [0.2, 0.25) is 17.7 Å². The van der Waals surface area contributed by atoms with Crippen LogP contribution in [-0.2, 0) is 30.3 Å². The van der Waals surface area contributed by atoms with Gasteiger partial charge < -0.3 is 25.4 Å². The number of nitrogens with zero attached hydrogens (tertiary/aromatic N) is 6. The molecule has 0 aliphatic carbocycles. The number of ether oxygens (including phenoxy) is 1. The SMILES string of the molecule is Cc1ncsc1-c1ccc(CCC(=O)[C@@H]2CC(O)CN2C(=O)[C@@H](NC(=O)COCCCCCCNC(=O)CC2N=C(c3ccc(Cl)cc3)c3c(sc(C)c3C)-n3c(C)nnc32)C(C)(C)C)cc1. The van der Waals surface area contributed by atoms with Crippen molar-refractivity contribution in [2.45, 2.75) is 124 Å². The van der Waals surface area contributed by atoms with Crippen molar-refractivity contribution in [1.29, 1.82) is 0 Å². The van der Waals surface area contributed by atoms with Crippen molar-refractivity contribution < 1.29 is 29.0 Å². The number of likely N-dealkylation sites (tertiary alicyclic amines) is 1. The highest BCUT2D eigenvalue weighted by atomic mass is 35.5. The van der Waals surface area contributed by atoms with Gasteiger partial charge in [0.05, 0.1) is 40.4 Å². The van der Waals surface area contributed by atoms with Crippen LogP contribution in [0.4, 0.5) is 0 Å². The molecule has 5 heterocycles. The molecule has 5 aromatic rings. The Hall–Kier alpha value is -5.13. The summed E-state index contributed by atoms with van der Waals surface area (Å²) in [6, 6.07) is 13.5. The fourth-order valence-electron chi connectivity index (χ4n) is 8.67. The molecule has 0 saturated carbocycles. The van der Waals surface area contributed by atoms with Crippen molar-refractivity contribution >= 4 is 63.5 Å². The number of aliphatic imine (C=N–C) groups is 1. The number of thiophene rings is 1. The molecule has 3 amide bonds. The number of Topliss-reactive ketones (excluding diaryl/α,β-unsaturated/α-hetero) is 1. The van der Waals surface area contributed by atoms with E-state index in [-0.39, 0.29) is 44.1 Å². The first-order valence-electron chi connectivity index (χ1n) is 23.0. The van der Waals surface area contributed by atoms with Gasteiger partial charge in [-0.25, -0.2) is 4.98 Å². The van der Waals surface area contributed by atoms with Crippen molar-refractivity contribution in [2.75, 3.05) is 26.3 Å². The molecule has 0 bridgehead atoms. The second-order valence-electron chi connectivity index (χ2n) is 18.6. The zero-order chi connectivity index (χ0) is 48.0. The number of hydrogen-bond acceptors (Lipinski definition) is 12. The fourth-order valence-corrected chi connectivity index (χ4v) is 10.8. The minimum Gasteiger partial charge on any atom is -0.391 e. The third-order valence-corrected chi connectivity index (χ3v) is 14.9. The number of halogens is 1. The van der Waals surface area contributed by atoms with Gasteiger partial charge in [-0.3, -0.25) is 28.7 Å². The zero-order valence-electron chi connectivity index (χ0n) is 39.4. The molecule has 2 unspecified atom stereocenters. The van der Waals surface area contributed by atoms with Crippen molar-refractivity contribution in [3.05, 3.63) is 104 Å². The largest absolute Gasteiger partial charge is 0.391 e. The van der Waals surface area contributed by atoms with Crippen LogP contribution in [-0.4, -0.2) is 103 Å². The predicted octanol–water partition coefficient (Wildman–Crippen LogP) is 8.01. The van der Waals surface area contributed by atoms with Gasteiger partial charge in [-0.2, -0.15) is 0 Å². The first-order chi connectivity index (χ1) is 32.0. The lowest BCUT2D eigenvalue weighted by atomic mass is 9.85. The average molecular weight is 970 g/mol. The molecule has 356 valence electrons. The quantitative estimate of drug-likeness (QED) is 0.0691. The number of rotatable bonds is 19. The van der Waals surface area contributed by atoms with E-state index in [1.165, 1.54) is 9.78 Å². The normalized spacial score (nSPS) is 17.4. The summed E-state index contributed by atoms with van der Waals surface area (Å²) in [5, 5.41) is 27.1. The standard InChI is InChI=1S/C50H61ClN8O6S2/c1-29-31(3)67-49-43(29)44(34-17-19-36(51)20-18-34)54-38(47-57-56-32(4)59(47)49)25-41(62)52-22-10-8-9-11-23-65-27-42(63)55-46(50(5,6)7)48(64)58-26-37(60)24-39(58)40(61)21-14-33-12-15-35(16-13-33)45-30(2)53-28-66-45/h12-13,15-20,28,37-39,46,60H,8-11,14,21-27H2,1-7H3,(H,52,62)(H,55,63)/t37?,38?,39-,46+/m0/s1. The summed E-state index contributed by atoms with van der Waals surface area (Å²) in [6.07, 6.45) is 3.36. The molecule has 0 spiro atoms. The topological polar surface area (TPSA) is 181 Å². The molecule has 4 atom stereocenters. The van der Waals surface area contributed by atoms with E-state index in [0.29, 0.717) is 30.4 Å². The highest BCUT2D eigenvalue weighted by Gasteiger charge is 2.44. The maximum atomic E-state index is 14.0. The van der Waals surface area contributed by atoms with E-state index < -0.39 is 41.5 Å². The number of aliphatic hydroxyl groups excluding tert-OH is 1. The van der Waals surface area contributed by atoms with Gasteiger partial charge in [-0.15, -0.1) is 32.9 Å². The highest BCUT2D eigenvalue weighted by Crippen LogP contribution is 2.40. The van der Waals surface area contributed by atoms with Gasteiger partial charge in [0.15, 0.2) is 11.6 Å². The van der Waals surface area contributed by atoms with Crippen LogP contribution in [0.25, 0.3) is 15.4 Å². The Labute approximate surface area is 405 Å². The summed E-state index contributed by atoms with van der Waals surface area (Å²) < 4.78 is 7.75. The molecule has 2 aliphatic heterocycles. The Balaban J connectivity index is 0.832. The third-order valence-electron chi connectivity index (χ3n) is 12.5. The number of aromatic nitrogens is 4. The number of aryl methyl sites for hydroxylation is 4. The van der Waals surface area contributed by atoms with Gasteiger partial charge in [-0.05, 0) is 81.2 Å². The zero-order valence-corrected chi connectivity index (χ0v) is 41.7. The lowest BCUT2D eigenvalue weighted by Gasteiger charge is -2.35. The predicted molar refractivity (Wildman–Crippen MR) is 263 cm³/mol. The molecule has 0 radical (unpaired) electrons. The molecular weight excluding hydrogens is 908 g/mol. The lowest BCUT2D eigenvalue weighted by molar-refractivity contribution is -0.144. The molecule has 14 nitrogen and oxygen atoms in total. The molecule has 2 aliphatic rings. The first kappa shape index (κ1) is 49.8. The Morgan fingerprint density at radius 3 is 2.36 bits per heavy atom. The average Bonchev–Trinajstić information content (AvgIpc) is 4.06. The van der Waals surface area contributed by atoms with Gasteiger partial charge in [-0.1, -0.05) is 81.6 Å². The number of amides is 3. The Morgan fingerprint density at radius 1 is 0.940 bits per heavy atom. The van der Waals surface area contributed by atoms with Crippen LogP contribution >= 0.6 is 34.3 Å². The van der Waals surface area contributed by atoms with Crippen LogP contribution in [0.2, 0.25) is 5.02 Å². The fraction of sp³-hybridized carbons (Fsp3) is 0.480. The number of benzene rings is 2. The molecule has 17 heteroatoms. The first-order valence-corrected chi connectivity index (χ1v) is 25.1. The summed E-state index contributed by atoms with van der Waals surface area (Å²) in [5.74, 6) is 0.307. The minimum absolute atomic E-state index is 0.0293. The van der Waals surface area contributed by atoms with Crippen LogP contribution in [0.3, 0.4) is 0 Å². The van der Waals surface area contributed by atoms with Crippen molar-refractivity contribution in [2.24, 2.45) is 10.4 Å². The number of carbonyl (C=O) groups is 4. The highest BCUT2D eigenvalue weighted by molar-refractivity contribution is 7.15. The van der Waals surface area contributed by atoms with Crippen molar-refractivity contribution in [3.8, 4) is 15.4 Å². The van der Waals surface area contributed by atoms with Crippen LogP contribution in [0.15, 0.2) is 59.0 Å². The van der Waals surface area contributed by atoms with E-state index in [0.717, 1.165) is 80.6 Å². The summed E-state index contributed by atoms with van der Waals surface area (Å²) in [5.41, 5.74) is 8.08. The van der Waals surface area contributed by atoms with E-state index in [1.54, 1.807) is 22.7 Å². The molecule has 2 aromatic carbocycles. The Morgan fingerprint density at radius 2 is 1.66 bits per heavy atom. The number of hydrogen-bond donors (Lipinski definition) is 3. The lowest BCUT2D eigenvalue weighted by Crippen LogP contribution is -2.57. The Bertz CT molecular complexity index is 2600. The second kappa shape index (κ2) is 21.9. The number of ketones is 1. The third kappa shape index (κ3) is 11.9. The van der Waals surface area contributed by atoms with E-state index in [4.69, 9.17) is 21.3 Å². The van der Waals surface area contributed by atoms with Crippen LogP contribution in [0.5, 0.6) is 0 Å². The van der Waals surface area contributed by atoms with Gasteiger partial charge in [0.1, 0.15) is 29.5 Å². The molecule has 67 heavy (non-hydrogen) atoms. The molecule has 3 aromatic heterocycles. The van der Waals surface area contributed by atoms with Crippen molar-refractivity contribution in [1.82, 2.24) is 35.3 Å². The van der Waals surface area contributed by atoms with Crippen LogP contribution in [0, 0.1) is 33.1 Å². The molecule has 3 N–H and O–H groups in total. The molecule has 7 rings (SSSR count). The van der Waals surface area contributed by atoms with Crippen molar-refractivity contribution in [3.63, 3.8) is 0 Å². The van der Waals surface area contributed by atoms with E-state index in [2.05, 4.69) is 39.7 Å². The monoisotopic (exact) mass is 968 g/mol. The summed E-state index contributed by atoms with van der Waals surface area (Å²) in [7, 11) is 0.